The molecule has 4 aromatic rings. The Labute approximate surface area is 140 Å². The lowest BCUT2D eigenvalue weighted by atomic mass is 10.1. The molecule has 0 aliphatic carbocycles. The number of benzene rings is 1. The van der Waals surface area contributed by atoms with Crippen molar-refractivity contribution in [2.75, 3.05) is 0 Å². The van der Waals surface area contributed by atoms with Crippen molar-refractivity contribution in [2.45, 2.75) is 6.92 Å². The number of thiophene rings is 1. The van der Waals surface area contributed by atoms with E-state index in [-0.39, 0.29) is 0 Å². The summed E-state index contributed by atoms with van der Waals surface area (Å²) in [5.74, 6) is 1.05. The van der Waals surface area contributed by atoms with Crippen LogP contribution in [0.4, 0.5) is 0 Å². The molecule has 0 radical (unpaired) electrons. The molecule has 0 spiro atoms. The van der Waals surface area contributed by atoms with E-state index in [1.54, 1.807) is 18.3 Å². The smallest absolute Gasteiger partial charge is 0.247 e. The van der Waals surface area contributed by atoms with E-state index in [4.69, 9.17) is 9.68 Å². The Bertz CT molecular complexity index is 1040. The van der Waals surface area contributed by atoms with Crippen molar-refractivity contribution in [3.63, 3.8) is 0 Å². The van der Waals surface area contributed by atoms with Crippen molar-refractivity contribution in [3.8, 4) is 38.5 Å². The zero-order chi connectivity index (χ0) is 16.5. The van der Waals surface area contributed by atoms with Gasteiger partial charge >= 0.3 is 0 Å². The van der Waals surface area contributed by atoms with Crippen molar-refractivity contribution < 1.29 is 4.42 Å². The van der Waals surface area contributed by atoms with Gasteiger partial charge in [0.05, 0.1) is 4.88 Å². The first-order chi connectivity index (χ1) is 11.7. The lowest BCUT2D eigenvalue weighted by Gasteiger charge is -1.99. The molecule has 0 saturated carbocycles. The van der Waals surface area contributed by atoms with Crippen LogP contribution in [0.25, 0.3) is 32.5 Å². The molecule has 4 rings (SSSR count). The first-order valence-corrected chi connectivity index (χ1v) is 7.88. The van der Waals surface area contributed by atoms with E-state index in [1.807, 2.05) is 42.5 Å². The molecular formula is C16H10N6OS. The van der Waals surface area contributed by atoms with E-state index in [0.717, 1.165) is 20.9 Å². The zero-order valence-corrected chi connectivity index (χ0v) is 13.3. The Morgan fingerprint density at radius 3 is 2.46 bits per heavy atom. The Hall–Kier alpha value is -3.31. The summed E-state index contributed by atoms with van der Waals surface area (Å²) in [7, 11) is 0. The van der Waals surface area contributed by atoms with Crippen molar-refractivity contribution in [3.05, 3.63) is 48.0 Å². The highest BCUT2D eigenvalue weighted by atomic mass is 32.1. The van der Waals surface area contributed by atoms with E-state index < -0.39 is 0 Å². The predicted octanol–water partition coefficient (Wildman–Crippen LogP) is 3.43. The minimum absolute atomic E-state index is 0.297. The summed E-state index contributed by atoms with van der Waals surface area (Å²) >= 11 is 1.55. The fourth-order valence-electron chi connectivity index (χ4n) is 2.29. The van der Waals surface area contributed by atoms with Crippen LogP contribution in [0, 0.1) is 18.3 Å². The van der Waals surface area contributed by atoms with Gasteiger partial charge in [-0.1, -0.05) is 12.1 Å². The zero-order valence-electron chi connectivity index (χ0n) is 12.5. The molecule has 3 aromatic heterocycles. The first-order valence-electron chi connectivity index (χ1n) is 7.06. The van der Waals surface area contributed by atoms with Crippen molar-refractivity contribution in [1.29, 1.82) is 5.26 Å². The number of nitriles is 1. The first kappa shape index (κ1) is 14.3. The van der Waals surface area contributed by atoms with Gasteiger partial charge in [-0.15, -0.1) is 26.6 Å². The SMILES string of the molecule is Cc1nnc(-c2ccc(-c3ccc(-c4n[nH]nc4C#N)s3)cc2)o1. The van der Waals surface area contributed by atoms with Gasteiger partial charge < -0.3 is 4.42 Å². The average Bonchev–Trinajstić information content (AvgIpc) is 3.34. The molecule has 0 aliphatic heterocycles. The Kier molecular flexibility index (Phi) is 3.40. The van der Waals surface area contributed by atoms with Crippen LogP contribution in [0.5, 0.6) is 0 Å². The van der Waals surface area contributed by atoms with Gasteiger partial charge in [0.2, 0.25) is 11.8 Å². The second kappa shape index (κ2) is 5.72. The fourth-order valence-corrected chi connectivity index (χ4v) is 3.29. The summed E-state index contributed by atoms with van der Waals surface area (Å²) in [5.41, 5.74) is 2.81. The highest BCUT2D eigenvalue weighted by Crippen LogP contribution is 2.35. The van der Waals surface area contributed by atoms with E-state index in [1.165, 1.54) is 0 Å². The number of hydrogen-bond donors (Lipinski definition) is 1. The fraction of sp³-hybridized carbons (Fsp3) is 0.0625. The quantitative estimate of drug-likeness (QED) is 0.615. The molecule has 0 atom stereocenters. The molecule has 3 heterocycles. The normalized spacial score (nSPS) is 10.7. The molecule has 7 nitrogen and oxygen atoms in total. The summed E-state index contributed by atoms with van der Waals surface area (Å²) in [5, 5.41) is 27.2. The second-order valence-corrected chi connectivity index (χ2v) is 6.08. The maximum absolute atomic E-state index is 9.05. The van der Waals surface area contributed by atoms with Gasteiger partial charge in [0.1, 0.15) is 11.8 Å². The molecule has 0 bridgehead atoms. The molecule has 0 aliphatic rings. The maximum Gasteiger partial charge on any atom is 0.247 e. The lowest BCUT2D eigenvalue weighted by molar-refractivity contribution is 0.533. The van der Waals surface area contributed by atoms with Gasteiger partial charge in [-0.3, -0.25) is 0 Å². The number of H-pyrrole nitrogens is 1. The van der Waals surface area contributed by atoms with Crippen molar-refractivity contribution in [2.24, 2.45) is 0 Å². The number of aromatic nitrogens is 5. The van der Waals surface area contributed by atoms with Crippen LogP contribution in [0.15, 0.2) is 40.8 Å². The predicted molar refractivity (Wildman–Crippen MR) is 87.9 cm³/mol. The van der Waals surface area contributed by atoms with Crippen LogP contribution in [0.1, 0.15) is 11.6 Å². The molecule has 24 heavy (non-hydrogen) atoms. The number of hydrogen-bond acceptors (Lipinski definition) is 7. The minimum Gasteiger partial charge on any atom is -0.421 e. The highest BCUT2D eigenvalue weighted by molar-refractivity contribution is 7.18. The standard InChI is InChI=1S/C16H10N6OS/c1-9-18-21-16(23-9)11-4-2-10(3-5-11)13-6-7-14(24-13)15-12(8-17)19-22-20-15/h2-7H,1H3,(H,19,20,22). The number of nitrogens with one attached hydrogen (secondary N) is 1. The molecule has 1 aromatic carbocycles. The van der Waals surface area contributed by atoms with Crippen LogP contribution in [-0.4, -0.2) is 25.6 Å². The monoisotopic (exact) mass is 334 g/mol. The average molecular weight is 334 g/mol. The number of rotatable bonds is 3. The topological polar surface area (TPSA) is 104 Å². The van der Waals surface area contributed by atoms with Gasteiger partial charge in [0.15, 0.2) is 5.69 Å². The third-order valence-corrected chi connectivity index (χ3v) is 4.58. The van der Waals surface area contributed by atoms with Crippen LogP contribution in [0.2, 0.25) is 0 Å². The van der Waals surface area contributed by atoms with Gasteiger partial charge in [0.25, 0.3) is 0 Å². The van der Waals surface area contributed by atoms with Gasteiger partial charge in [0, 0.05) is 17.4 Å². The Morgan fingerprint density at radius 2 is 1.75 bits per heavy atom. The van der Waals surface area contributed by atoms with Gasteiger partial charge in [-0.2, -0.15) is 15.6 Å². The molecule has 0 amide bonds. The maximum atomic E-state index is 9.05. The molecule has 116 valence electrons. The number of aromatic amines is 1. The minimum atomic E-state index is 0.297. The summed E-state index contributed by atoms with van der Waals surface area (Å²) in [6, 6.07) is 13.9. The molecule has 0 fully saturated rings. The Morgan fingerprint density at radius 1 is 1.00 bits per heavy atom. The summed E-state index contributed by atoms with van der Waals surface area (Å²) < 4.78 is 5.42. The van der Waals surface area contributed by atoms with Crippen molar-refractivity contribution in [1.82, 2.24) is 25.6 Å². The van der Waals surface area contributed by atoms with Gasteiger partial charge in [-0.05, 0) is 29.8 Å². The number of nitrogens with zero attached hydrogens (tertiary/aromatic N) is 5. The molecule has 0 saturated heterocycles. The van der Waals surface area contributed by atoms with Gasteiger partial charge in [-0.25, -0.2) is 0 Å². The van der Waals surface area contributed by atoms with Crippen molar-refractivity contribution >= 4 is 11.3 Å². The highest BCUT2D eigenvalue weighted by Gasteiger charge is 2.13. The molecule has 1 N–H and O–H groups in total. The lowest BCUT2D eigenvalue weighted by Crippen LogP contribution is -1.79. The third-order valence-electron chi connectivity index (χ3n) is 3.44. The van der Waals surface area contributed by atoms with Crippen LogP contribution in [-0.2, 0) is 0 Å². The van der Waals surface area contributed by atoms with E-state index in [2.05, 4.69) is 25.6 Å². The van der Waals surface area contributed by atoms with E-state index >= 15 is 0 Å². The summed E-state index contributed by atoms with van der Waals surface area (Å²) in [4.78, 5) is 1.97. The third kappa shape index (κ3) is 2.47. The second-order valence-electron chi connectivity index (χ2n) is 5.00. The summed E-state index contributed by atoms with van der Waals surface area (Å²) in [6.07, 6.45) is 0. The van der Waals surface area contributed by atoms with E-state index in [9.17, 15) is 0 Å². The van der Waals surface area contributed by atoms with Crippen LogP contribution >= 0.6 is 11.3 Å². The molecule has 8 heteroatoms. The van der Waals surface area contributed by atoms with Crippen LogP contribution < -0.4 is 0 Å². The van der Waals surface area contributed by atoms with Crippen LogP contribution in [0.3, 0.4) is 0 Å². The number of aryl methyl sites for hydroxylation is 1. The summed E-state index contributed by atoms with van der Waals surface area (Å²) in [6.45, 7) is 1.76. The Balaban J connectivity index is 1.64. The largest absolute Gasteiger partial charge is 0.421 e. The molecule has 0 unspecified atom stereocenters. The van der Waals surface area contributed by atoms with E-state index in [0.29, 0.717) is 23.2 Å². The molecular weight excluding hydrogens is 324 g/mol.